The molecule has 0 amide bonds. The van der Waals surface area contributed by atoms with Gasteiger partial charge in [0.25, 0.3) is 0 Å². The number of carbonyl (C=O) groups is 4. The first-order valence-corrected chi connectivity index (χ1v) is 8.77. The van der Waals surface area contributed by atoms with Crippen LogP contribution in [0.2, 0.25) is 0 Å². The summed E-state index contributed by atoms with van der Waals surface area (Å²) in [6, 6.07) is 0. The standard InChI is InChI=1S/C11H18O2.C10H18O2/c1-8(2)6-9(12)10(13)7-11(3,4)5;1-7(2)6-8(11)9(12)10(3,4)5/h6H,7H2,1-5H3;7H,6H2,1-5H3. The van der Waals surface area contributed by atoms with Gasteiger partial charge in [-0.05, 0) is 31.3 Å². The van der Waals surface area contributed by atoms with Gasteiger partial charge < -0.3 is 0 Å². The smallest absolute Gasteiger partial charge is 0.221 e. The van der Waals surface area contributed by atoms with E-state index in [0.29, 0.717) is 12.8 Å². The number of carbonyl (C=O) groups excluding carboxylic acids is 4. The molecule has 25 heavy (non-hydrogen) atoms. The first-order chi connectivity index (χ1) is 11.0. The average Bonchev–Trinajstić information content (AvgIpc) is 2.33. The highest BCUT2D eigenvalue weighted by Crippen LogP contribution is 2.19. The zero-order chi connectivity index (χ0) is 20.6. The molecule has 0 atom stereocenters. The van der Waals surface area contributed by atoms with Crippen LogP contribution in [0.1, 0.15) is 82.1 Å². The third-order valence-electron chi connectivity index (χ3n) is 2.91. The van der Waals surface area contributed by atoms with E-state index in [2.05, 4.69) is 0 Å². The van der Waals surface area contributed by atoms with Gasteiger partial charge in [-0.1, -0.05) is 61.0 Å². The molecule has 0 saturated heterocycles. The lowest BCUT2D eigenvalue weighted by Crippen LogP contribution is -2.29. The molecule has 0 aromatic heterocycles. The Bertz CT molecular complexity index is 519. The van der Waals surface area contributed by atoms with Crippen molar-refractivity contribution in [2.75, 3.05) is 0 Å². The molecular weight excluding hydrogens is 316 g/mol. The van der Waals surface area contributed by atoms with Crippen LogP contribution in [0.3, 0.4) is 0 Å². The van der Waals surface area contributed by atoms with Gasteiger partial charge in [0.15, 0.2) is 5.78 Å². The highest BCUT2D eigenvalue weighted by Gasteiger charge is 2.27. The fourth-order valence-electron chi connectivity index (χ4n) is 1.79. The number of Topliss-reactive ketones (excluding diaryl/α,β-unsaturated/α-hetero) is 3. The molecule has 0 aliphatic heterocycles. The van der Waals surface area contributed by atoms with E-state index < -0.39 is 5.41 Å². The van der Waals surface area contributed by atoms with Crippen LogP contribution in [0.15, 0.2) is 11.6 Å². The predicted octanol–water partition coefficient (Wildman–Crippen LogP) is 4.74. The van der Waals surface area contributed by atoms with Crippen LogP contribution < -0.4 is 0 Å². The van der Waals surface area contributed by atoms with Crippen molar-refractivity contribution in [1.82, 2.24) is 0 Å². The van der Waals surface area contributed by atoms with E-state index in [-0.39, 0.29) is 34.5 Å². The molecule has 0 N–H and O–H groups in total. The summed E-state index contributed by atoms with van der Waals surface area (Å²) in [5.74, 6) is -0.902. The molecule has 0 aromatic rings. The highest BCUT2D eigenvalue weighted by atomic mass is 16.2. The van der Waals surface area contributed by atoms with E-state index in [9.17, 15) is 19.2 Å². The van der Waals surface area contributed by atoms with E-state index in [1.54, 1.807) is 20.8 Å². The minimum Gasteiger partial charge on any atom is -0.291 e. The largest absolute Gasteiger partial charge is 0.291 e. The van der Waals surface area contributed by atoms with Crippen molar-refractivity contribution in [3.05, 3.63) is 11.6 Å². The molecular formula is C21H36O4. The fourth-order valence-corrected chi connectivity index (χ4v) is 1.79. The fraction of sp³-hybridized carbons (Fsp3) is 0.714. The summed E-state index contributed by atoms with van der Waals surface area (Å²) in [6.07, 6.45) is 2.08. The third-order valence-corrected chi connectivity index (χ3v) is 2.91. The van der Waals surface area contributed by atoms with Crippen LogP contribution in [0, 0.1) is 16.7 Å². The topological polar surface area (TPSA) is 68.3 Å². The van der Waals surface area contributed by atoms with E-state index in [0.717, 1.165) is 5.57 Å². The molecule has 0 radical (unpaired) electrons. The Balaban J connectivity index is 0. The lowest BCUT2D eigenvalue weighted by Gasteiger charge is -2.15. The van der Waals surface area contributed by atoms with Gasteiger partial charge in [0.05, 0.1) is 0 Å². The van der Waals surface area contributed by atoms with Crippen molar-refractivity contribution in [2.24, 2.45) is 16.7 Å². The number of ketones is 4. The summed E-state index contributed by atoms with van der Waals surface area (Å²) in [4.78, 5) is 45.1. The molecule has 0 aliphatic rings. The number of hydrogen-bond donors (Lipinski definition) is 0. The zero-order valence-electron chi connectivity index (χ0n) is 17.7. The Morgan fingerprint density at radius 2 is 1.28 bits per heavy atom. The monoisotopic (exact) mass is 352 g/mol. The Morgan fingerprint density at radius 3 is 1.56 bits per heavy atom. The van der Waals surface area contributed by atoms with Crippen molar-refractivity contribution >= 4 is 23.1 Å². The molecule has 0 aliphatic carbocycles. The van der Waals surface area contributed by atoms with Crippen LogP contribution in [-0.4, -0.2) is 23.1 Å². The van der Waals surface area contributed by atoms with Crippen molar-refractivity contribution in [1.29, 1.82) is 0 Å². The van der Waals surface area contributed by atoms with Gasteiger partial charge in [-0.3, -0.25) is 19.2 Å². The van der Waals surface area contributed by atoms with Crippen molar-refractivity contribution in [3.8, 4) is 0 Å². The summed E-state index contributed by atoms with van der Waals surface area (Å²) >= 11 is 0. The normalized spacial score (nSPS) is 11.3. The molecule has 4 heteroatoms. The molecule has 0 aromatic carbocycles. The SMILES string of the molecule is CC(C)=CC(=O)C(=O)CC(C)(C)C.CC(C)CC(=O)C(=O)C(C)(C)C. The average molecular weight is 353 g/mol. The van der Waals surface area contributed by atoms with Gasteiger partial charge in [0.2, 0.25) is 17.3 Å². The molecule has 0 unspecified atom stereocenters. The maximum Gasteiger partial charge on any atom is 0.221 e. The maximum atomic E-state index is 11.4. The first-order valence-electron chi connectivity index (χ1n) is 8.77. The number of hydrogen-bond acceptors (Lipinski definition) is 4. The summed E-state index contributed by atoms with van der Waals surface area (Å²) < 4.78 is 0. The van der Waals surface area contributed by atoms with Crippen LogP contribution in [0.4, 0.5) is 0 Å². The van der Waals surface area contributed by atoms with Gasteiger partial charge in [-0.2, -0.15) is 0 Å². The van der Waals surface area contributed by atoms with E-state index in [4.69, 9.17) is 0 Å². The third kappa shape index (κ3) is 14.5. The van der Waals surface area contributed by atoms with Gasteiger partial charge in [-0.25, -0.2) is 0 Å². The molecule has 0 heterocycles. The number of allylic oxidation sites excluding steroid dienone is 2. The highest BCUT2D eigenvalue weighted by molar-refractivity contribution is 6.41. The Morgan fingerprint density at radius 1 is 0.840 bits per heavy atom. The van der Waals surface area contributed by atoms with Gasteiger partial charge in [0.1, 0.15) is 0 Å². The molecule has 0 spiro atoms. The lowest BCUT2D eigenvalue weighted by atomic mass is 9.86. The maximum absolute atomic E-state index is 11.4. The quantitative estimate of drug-likeness (QED) is 0.511. The van der Waals surface area contributed by atoms with Crippen LogP contribution in [0.5, 0.6) is 0 Å². The van der Waals surface area contributed by atoms with Crippen molar-refractivity contribution in [2.45, 2.75) is 82.1 Å². The zero-order valence-corrected chi connectivity index (χ0v) is 17.7. The number of rotatable bonds is 6. The Hall–Kier alpha value is -1.58. The van der Waals surface area contributed by atoms with Gasteiger partial charge >= 0.3 is 0 Å². The van der Waals surface area contributed by atoms with E-state index >= 15 is 0 Å². The summed E-state index contributed by atoms with van der Waals surface area (Å²) in [5.41, 5.74) is 0.237. The Labute approximate surface area is 153 Å². The van der Waals surface area contributed by atoms with Crippen LogP contribution in [-0.2, 0) is 19.2 Å². The molecule has 4 nitrogen and oxygen atoms in total. The van der Waals surface area contributed by atoms with Gasteiger partial charge in [-0.15, -0.1) is 0 Å². The predicted molar refractivity (Wildman–Crippen MR) is 102 cm³/mol. The van der Waals surface area contributed by atoms with Crippen LogP contribution >= 0.6 is 0 Å². The summed E-state index contributed by atoms with van der Waals surface area (Å²) in [7, 11) is 0. The second kappa shape index (κ2) is 10.4. The molecule has 0 fully saturated rings. The molecule has 0 saturated carbocycles. The molecule has 0 bridgehead atoms. The van der Waals surface area contributed by atoms with Crippen molar-refractivity contribution in [3.63, 3.8) is 0 Å². The molecule has 144 valence electrons. The molecule has 0 rings (SSSR count). The summed E-state index contributed by atoms with van der Waals surface area (Å²) in [6.45, 7) is 18.6. The van der Waals surface area contributed by atoms with E-state index in [1.807, 2.05) is 48.5 Å². The van der Waals surface area contributed by atoms with Crippen LogP contribution in [0.25, 0.3) is 0 Å². The Kier molecular flexibility index (Phi) is 10.7. The van der Waals surface area contributed by atoms with E-state index in [1.165, 1.54) is 6.08 Å². The second-order valence-corrected chi connectivity index (χ2v) is 9.35. The summed E-state index contributed by atoms with van der Waals surface area (Å²) in [5, 5.41) is 0. The first kappa shape index (κ1) is 25.7. The lowest BCUT2D eigenvalue weighted by molar-refractivity contribution is -0.141. The second-order valence-electron chi connectivity index (χ2n) is 9.35. The minimum absolute atomic E-state index is 0.109. The van der Waals surface area contributed by atoms with Gasteiger partial charge in [0, 0.05) is 18.3 Å². The minimum atomic E-state index is -0.522. The van der Waals surface area contributed by atoms with Crippen molar-refractivity contribution < 1.29 is 19.2 Å².